The van der Waals surface area contributed by atoms with E-state index in [1.165, 1.54) is 0 Å². The monoisotopic (exact) mass is 364 g/mol. The predicted octanol–water partition coefficient (Wildman–Crippen LogP) is 3.76. The van der Waals surface area contributed by atoms with Crippen LogP contribution in [0.5, 0.6) is 0 Å². The molecule has 0 spiro atoms. The lowest BCUT2D eigenvalue weighted by Gasteiger charge is -2.08. The lowest BCUT2D eigenvalue weighted by molar-refractivity contribution is 0.0470. The summed E-state index contributed by atoms with van der Waals surface area (Å²) in [6, 6.07) is 11.2. The van der Waals surface area contributed by atoms with Gasteiger partial charge in [0.05, 0.1) is 32.9 Å². The molecule has 0 saturated heterocycles. The summed E-state index contributed by atoms with van der Waals surface area (Å²) in [6.45, 7) is 1.99. The largest absolute Gasteiger partial charge is 0.456 e. The van der Waals surface area contributed by atoms with Crippen LogP contribution in [-0.2, 0) is 18.4 Å². The van der Waals surface area contributed by atoms with Crippen LogP contribution in [0.1, 0.15) is 21.7 Å². The summed E-state index contributed by atoms with van der Waals surface area (Å²) >= 11 is 1.57. The molecule has 0 atom stereocenters. The van der Waals surface area contributed by atoms with Gasteiger partial charge in [-0.3, -0.25) is 9.67 Å². The second-order valence-corrected chi connectivity index (χ2v) is 6.78. The molecule has 4 rings (SSSR count). The Morgan fingerprint density at radius 1 is 1.27 bits per heavy atom. The van der Waals surface area contributed by atoms with Crippen molar-refractivity contribution in [2.75, 3.05) is 0 Å². The van der Waals surface area contributed by atoms with E-state index in [2.05, 4.69) is 10.1 Å². The molecule has 0 aliphatic carbocycles. The molecule has 0 unspecified atom stereocenters. The second kappa shape index (κ2) is 6.68. The van der Waals surface area contributed by atoms with Crippen LogP contribution in [0.4, 0.5) is 0 Å². The van der Waals surface area contributed by atoms with Crippen LogP contribution in [0, 0.1) is 6.92 Å². The van der Waals surface area contributed by atoms with Crippen LogP contribution in [0.15, 0.2) is 48.0 Å². The number of carbonyl (C=O) groups excluding carboxylic acids is 1. The highest BCUT2D eigenvalue weighted by Gasteiger charge is 2.20. The lowest BCUT2D eigenvalue weighted by atomic mass is 10.1. The topological polar surface area (TPSA) is 69.9 Å². The van der Waals surface area contributed by atoms with Crippen molar-refractivity contribution in [1.82, 2.24) is 19.7 Å². The van der Waals surface area contributed by atoms with E-state index in [0.717, 1.165) is 21.7 Å². The molecule has 0 aliphatic heterocycles. The Bertz CT molecular complexity index is 1070. The third-order valence-corrected chi connectivity index (χ3v) is 4.93. The Morgan fingerprint density at radius 2 is 2.15 bits per heavy atom. The van der Waals surface area contributed by atoms with Gasteiger partial charge in [-0.1, -0.05) is 12.1 Å². The molecule has 0 amide bonds. The second-order valence-electron chi connectivity index (χ2n) is 5.84. The number of rotatable bonds is 4. The summed E-state index contributed by atoms with van der Waals surface area (Å²) in [5.74, 6) is -0.406. The first kappa shape index (κ1) is 16.4. The van der Waals surface area contributed by atoms with Gasteiger partial charge in [-0.25, -0.2) is 9.78 Å². The van der Waals surface area contributed by atoms with Gasteiger partial charge in [0.15, 0.2) is 5.65 Å². The summed E-state index contributed by atoms with van der Waals surface area (Å²) in [5, 5.41) is 7.11. The van der Waals surface area contributed by atoms with Gasteiger partial charge >= 0.3 is 5.97 Å². The number of hydrogen-bond acceptors (Lipinski definition) is 6. The molecular formula is C19H16N4O2S. The predicted molar refractivity (Wildman–Crippen MR) is 99.9 cm³/mol. The van der Waals surface area contributed by atoms with Gasteiger partial charge in [-0.2, -0.15) is 5.10 Å². The molecule has 4 aromatic rings. The zero-order valence-electron chi connectivity index (χ0n) is 14.3. The summed E-state index contributed by atoms with van der Waals surface area (Å²) in [5.41, 5.74) is 3.32. The van der Waals surface area contributed by atoms with E-state index in [4.69, 9.17) is 9.72 Å². The molecule has 6 nitrogen and oxygen atoms in total. The Morgan fingerprint density at radius 3 is 2.88 bits per heavy atom. The zero-order valence-corrected chi connectivity index (χ0v) is 15.2. The van der Waals surface area contributed by atoms with Gasteiger partial charge in [-0.15, -0.1) is 11.3 Å². The van der Waals surface area contributed by atoms with Crippen LogP contribution in [0.3, 0.4) is 0 Å². The average Bonchev–Trinajstić information content (AvgIpc) is 3.29. The molecule has 7 heteroatoms. The average molecular weight is 364 g/mol. The van der Waals surface area contributed by atoms with Gasteiger partial charge in [0, 0.05) is 13.2 Å². The molecule has 0 aliphatic rings. The summed E-state index contributed by atoms with van der Waals surface area (Å²) in [4.78, 5) is 22.7. The summed E-state index contributed by atoms with van der Waals surface area (Å²) in [7, 11) is 1.82. The van der Waals surface area contributed by atoms with Crippen LogP contribution < -0.4 is 0 Å². The highest BCUT2D eigenvalue weighted by atomic mass is 32.1. The van der Waals surface area contributed by atoms with E-state index < -0.39 is 5.97 Å². The maximum absolute atomic E-state index is 12.8. The van der Waals surface area contributed by atoms with Crippen molar-refractivity contribution in [1.29, 1.82) is 0 Å². The first-order valence-electron chi connectivity index (χ1n) is 8.09. The van der Waals surface area contributed by atoms with Gasteiger partial charge in [-0.05, 0) is 36.6 Å². The molecular weight excluding hydrogens is 348 g/mol. The third-order valence-electron chi connectivity index (χ3n) is 4.04. The van der Waals surface area contributed by atoms with Gasteiger partial charge in [0.2, 0.25) is 0 Å². The van der Waals surface area contributed by atoms with Crippen molar-refractivity contribution in [2.24, 2.45) is 7.05 Å². The molecule has 26 heavy (non-hydrogen) atoms. The number of carbonyl (C=O) groups is 1. The SMILES string of the molecule is Cc1nn(C)c2nc(-c3cccs3)cc(C(=O)OCc3ccccn3)c12. The maximum atomic E-state index is 12.8. The van der Waals surface area contributed by atoms with Crippen molar-refractivity contribution >= 4 is 28.3 Å². The van der Waals surface area contributed by atoms with Gasteiger partial charge < -0.3 is 4.74 Å². The van der Waals surface area contributed by atoms with E-state index >= 15 is 0 Å². The minimum atomic E-state index is -0.406. The van der Waals surface area contributed by atoms with Crippen molar-refractivity contribution in [3.05, 3.63) is 64.9 Å². The van der Waals surface area contributed by atoms with E-state index in [1.54, 1.807) is 28.3 Å². The standard InChI is InChI=1S/C19H16N4O2S/c1-12-17-14(19(24)25-11-13-6-3-4-8-20-13)10-15(16-7-5-9-26-16)21-18(17)23(2)22-12/h3-10H,11H2,1-2H3. The Balaban J connectivity index is 1.76. The number of pyridine rings is 2. The fourth-order valence-electron chi connectivity index (χ4n) is 2.86. The van der Waals surface area contributed by atoms with E-state index in [1.807, 2.05) is 49.7 Å². The number of hydrogen-bond donors (Lipinski definition) is 0. The number of ether oxygens (including phenoxy) is 1. The zero-order chi connectivity index (χ0) is 18.1. The molecule has 0 bridgehead atoms. The molecule has 0 fully saturated rings. The molecule has 130 valence electrons. The smallest absolute Gasteiger partial charge is 0.339 e. The minimum absolute atomic E-state index is 0.122. The van der Waals surface area contributed by atoms with Crippen LogP contribution in [-0.4, -0.2) is 25.7 Å². The highest BCUT2D eigenvalue weighted by Crippen LogP contribution is 2.29. The van der Waals surface area contributed by atoms with Crippen LogP contribution >= 0.6 is 11.3 Å². The Hall–Kier alpha value is -3.06. The number of aryl methyl sites for hydroxylation is 2. The summed E-state index contributed by atoms with van der Waals surface area (Å²) in [6.07, 6.45) is 1.67. The van der Waals surface area contributed by atoms with E-state index in [9.17, 15) is 4.79 Å². The Labute approximate surface area is 154 Å². The molecule has 0 N–H and O–H groups in total. The fourth-order valence-corrected chi connectivity index (χ4v) is 3.54. The normalized spacial score (nSPS) is 11.0. The van der Waals surface area contributed by atoms with Crippen LogP contribution in [0.2, 0.25) is 0 Å². The Kier molecular flexibility index (Phi) is 4.22. The number of nitrogens with zero attached hydrogens (tertiary/aromatic N) is 4. The first-order chi connectivity index (χ1) is 12.6. The number of aromatic nitrogens is 4. The van der Waals surface area contributed by atoms with Crippen LogP contribution in [0.25, 0.3) is 21.6 Å². The lowest BCUT2D eigenvalue weighted by Crippen LogP contribution is -2.08. The quantitative estimate of drug-likeness (QED) is 0.516. The summed E-state index contributed by atoms with van der Waals surface area (Å²) < 4.78 is 7.19. The number of thiophene rings is 1. The third kappa shape index (κ3) is 2.97. The van der Waals surface area contributed by atoms with Crippen molar-refractivity contribution < 1.29 is 9.53 Å². The van der Waals surface area contributed by atoms with E-state index in [-0.39, 0.29) is 6.61 Å². The molecule has 4 aromatic heterocycles. The first-order valence-corrected chi connectivity index (χ1v) is 8.96. The molecule has 0 aromatic carbocycles. The number of esters is 1. The van der Waals surface area contributed by atoms with Crippen molar-refractivity contribution in [2.45, 2.75) is 13.5 Å². The molecule has 0 radical (unpaired) electrons. The van der Waals surface area contributed by atoms with Crippen molar-refractivity contribution in [3.8, 4) is 10.6 Å². The van der Waals surface area contributed by atoms with E-state index in [0.29, 0.717) is 16.9 Å². The highest BCUT2D eigenvalue weighted by molar-refractivity contribution is 7.13. The van der Waals surface area contributed by atoms with Gasteiger partial charge in [0.1, 0.15) is 6.61 Å². The minimum Gasteiger partial charge on any atom is -0.456 e. The van der Waals surface area contributed by atoms with Gasteiger partial charge in [0.25, 0.3) is 0 Å². The fraction of sp³-hybridized carbons (Fsp3) is 0.158. The molecule has 4 heterocycles. The number of fused-ring (bicyclic) bond motifs is 1. The van der Waals surface area contributed by atoms with Crippen molar-refractivity contribution in [3.63, 3.8) is 0 Å². The molecule has 0 saturated carbocycles. The maximum Gasteiger partial charge on any atom is 0.339 e.